The topological polar surface area (TPSA) is 70.1 Å². The Morgan fingerprint density at radius 1 is 1.41 bits per heavy atom. The van der Waals surface area contributed by atoms with Crippen LogP contribution < -0.4 is 4.90 Å². The fourth-order valence-corrected chi connectivity index (χ4v) is 2.09. The molecule has 0 radical (unpaired) electrons. The smallest absolute Gasteiger partial charge is 0.410 e. The van der Waals surface area contributed by atoms with Crippen LogP contribution in [0.25, 0.3) is 0 Å². The maximum Gasteiger partial charge on any atom is 0.410 e. The molecule has 2 rings (SSSR count). The van der Waals surface area contributed by atoms with Gasteiger partial charge in [0.2, 0.25) is 5.91 Å². The Kier molecular flexibility index (Phi) is 4.85. The van der Waals surface area contributed by atoms with Gasteiger partial charge in [-0.2, -0.15) is 0 Å². The molecule has 1 fully saturated rings. The Morgan fingerprint density at radius 3 is 2.73 bits per heavy atom. The van der Waals surface area contributed by atoms with Crippen LogP contribution in [0.3, 0.4) is 0 Å². The largest absolute Gasteiger partial charge is 0.505 e. The molecule has 0 saturated carbocycles. The van der Waals surface area contributed by atoms with Crippen LogP contribution in [-0.2, 0) is 9.53 Å². The van der Waals surface area contributed by atoms with E-state index in [2.05, 4.69) is 0 Å². The van der Waals surface area contributed by atoms with E-state index in [0.717, 1.165) is 6.07 Å². The van der Waals surface area contributed by atoms with Gasteiger partial charge >= 0.3 is 6.09 Å². The first kappa shape index (κ1) is 16.1. The van der Waals surface area contributed by atoms with Crippen LogP contribution in [-0.4, -0.2) is 48.2 Å². The summed E-state index contributed by atoms with van der Waals surface area (Å²) < 4.78 is 18.5. The van der Waals surface area contributed by atoms with Gasteiger partial charge in [-0.25, -0.2) is 9.18 Å². The molecule has 0 bridgehead atoms. The zero-order valence-corrected chi connectivity index (χ0v) is 12.6. The Bertz CT molecular complexity index is 577. The van der Waals surface area contributed by atoms with Gasteiger partial charge in [0.1, 0.15) is 6.54 Å². The van der Waals surface area contributed by atoms with Gasteiger partial charge in [-0.3, -0.25) is 9.69 Å². The van der Waals surface area contributed by atoms with Crippen molar-refractivity contribution in [2.75, 3.05) is 31.1 Å². The zero-order valence-electron chi connectivity index (χ0n) is 12.6. The number of benzene rings is 1. The molecule has 22 heavy (non-hydrogen) atoms. The highest BCUT2D eigenvalue weighted by atomic mass is 19.1. The highest BCUT2D eigenvalue weighted by Gasteiger charge is 2.29. The molecular weight excluding hydrogens is 291 g/mol. The minimum atomic E-state index is -0.788. The molecule has 1 aromatic rings. The van der Waals surface area contributed by atoms with Gasteiger partial charge in [0, 0.05) is 24.8 Å². The molecular formula is C15H19FN2O4. The van der Waals surface area contributed by atoms with Crippen molar-refractivity contribution in [1.29, 1.82) is 0 Å². The van der Waals surface area contributed by atoms with Gasteiger partial charge in [0.05, 0.1) is 6.61 Å². The van der Waals surface area contributed by atoms with Crippen LogP contribution in [0.15, 0.2) is 18.2 Å². The molecule has 1 heterocycles. The van der Waals surface area contributed by atoms with E-state index < -0.39 is 17.7 Å². The van der Waals surface area contributed by atoms with Gasteiger partial charge in [0.25, 0.3) is 0 Å². The van der Waals surface area contributed by atoms with Crippen molar-refractivity contribution in [1.82, 2.24) is 4.90 Å². The summed E-state index contributed by atoms with van der Waals surface area (Å²) >= 11 is 0. The molecule has 1 saturated heterocycles. The number of carbonyl (C=O) groups excluding carboxylic acids is 2. The van der Waals surface area contributed by atoms with Gasteiger partial charge in [-0.1, -0.05) is 13.8 Å². The highest BCUT2D eigenvalue weighted by Crippen LogP contribution is 2.24. The number of ether oxygens (including phenoxy) is 1. The lowest BCUT2D eigenvalue weighted by atomic mass is 10.2. The fraction of sp³-hybridized carbons (Fsp3) is 0.467. The minimum Gasteiger partial charge on any atom is -0.505 e. The number of piperazine rings is 1. The molecule has 2 amide bonds. The predicted molar refractivity (Wildman–Crippen MR) is 78.2 cm³/mol. The van der Waals surface area contributed by atoms with Crippen molar-refractivity contribution in [2.24, 2.45) is 5.92 Å². The number of rotatable bonds is 3. The van der Waals surface area contributed by atoms with Gasteiger partial charge in [0.15, 0.2) is 11.6 Å². The number of phenols is 1. The summed E-state index contributed by atoms with van der Waals surface area (Å²) in [5.41, 5.74) is 0.357. The third kappa shape index (κ3) is 3.66. The highest BCUT2D eigenvalue weighted by molar-refractivity contribution is 5.97. The molecule has 1 aromatic carbocycles. The maximum atomic E-state index is 13.4. The van der Waals surface area contributed by atoms with Crippen LogP contribution in [0.2, 0.25) is 0 Å². The van der Waals surface area contributed by atoms with E-state index in [4.69, 9.17) is 4.74 Å². The summed E-state index contributed by atoms with van der Waals surface area (Å²) in [6, 6.07) is 3.75. The Hall–Kier alpha value is -2.31. The molecule has 0 aromatic heterocycles. The third-order valence-corrected chi connectivity index (χ3v) is 3.26. The van der Waals surface area contributed by atoms with Crippen molar-refractivity contribution < 1.29 is 23.8 Å². The number of amides is 2. The lowest BCUT2D eigenvalue weighted by Gasteiger charge is -2.33. The first-order chi connectivity index (χ1) is 10.4. The summed E-state index contributed by atoms with van der Waals surface area (Å²) in [6.45, 7) is 4.60. The van der Waals surface area contributed by atoms with Crippen LogP contribution >= 0.6 is 0 Å². The number of carbonyl (C=O) groups is 2. The van der Waals surface area contributed by atoms with Gasteiger partial charge in [-0.15, -0.1) is 0 Å². The van der Waals surface area contributed by atoms with Crippen LogP contribution in [0, 0.1) is 11.7 Å². The predicted octanol–water partition coefficient (Wildman–Crippen LogP) is 1.97. The van der Waals surface area contributed by atoms with E-state index in [9.17, 15) is 19.1 Å². The van der Waals surface area contributed by atoms with Crippen molar-refractivity contribution in [3.05, 3.63) is 24.0 Å². The van der Waals surface area contributed by atoms with Crippen LogP contribution in [0.1, 0.15) is 13.8 Å². The molecule has 0 unspecified atom stereocenters. The molecule has 120 valence electrons. The van der Waals surface area contributed by atoms with E-state index in [1.165, 1.54) is 21.9 Å². The molecule has 0 aliphatic carbocycles. The Labute approximate surface area is 128 Å². The van der Waals surface area contributed by atoms with Crippen molar-refractivity contribution >= 4 is 17.7 Å². The molecule has 1 aliphatic heterocycles. The molecule has 7 heteroatoms. The van der Waals surface area contributed by atoms with Crippen molar-refractivity contribution in [3.63, 3.8) is 0 Å². The number of phenolic OH excluding ortho intramolecular Hbond substituents is 1. The zero-order chi connectivity index (χ0) is 16.3. The average Bonchev–Trinajstić information content (AvgIpc) is 2.47. The van der Waals surface area contributed by atoms with Crippen LogP contribution in [0.5, 0.6) is 5.75 Å². The molecule has 1 N–H and O–H groups in total. The van der Waals surface area contributed by atoms with E-state index in [0.29, 0.717) is 18.8 Å². The number of anilines is 1. The SMILES string of the molecule is CC(C)COC(=O)N1CCN(c2ccc(O)c(F)c2)C(=O)C1. The number of nitrogens with zero attached hydrogens (tertiary/aromatic N) is 2. The standard InChI is InChI=1S/C15H19FN2O4/c1-10(2)9-22-15(21)17-5-6-18(14(20)8-17)11-3-4-13(19)12(16)7-11/h3-4,7,10,19H,5-6,8-9H2,1-2H3. The lowest BCUT2D eigenvalue weighted by Crippen LogP contribution is -2.52. The van der Waals surface area contributed by atoms with Crippen molar-refractivity contribution in [3.8, 4) is 5.75 Å². The summed E-state index contributed by atoms with van der Waals surface area (Å²) in [4.78, 5) is 26.7. The Morgan fingerprint density at radius 2 is 2.14 bits per heavy atom. The van der Waals surface area contributed by atoms with E-state index >= 15 is 0 Å². The molecule has 0 atom stereocenters. The first-order valence-corrected chi connectivity index (χ1v) is 7.09. The first-order valence-electron chi connectivity index (χ1n) is 7.09. The summed E-state index contributed by atoms with van der Waals surface area (Å²) in [5.74, 6) is -1.35. The molecule has 6 nitrogen and oxygen atoms in total. The lowest BCUT2D eigenvalue weighted by molar-refractivity contribution is -0.120. The third-order valence-electron chi connectivity index (χ3n) is 3.26. The fourth-order valence-electron chi connectivity index (χ4n) is 2.09. The maximum absolute atomic E-state index is 13.4. The van der Waals surface area contributed by atoms with Crippen molar-refractivity contribution in [2.45, 2.75) is 13.8 Å². The normalized spacial score (nSPS) is 15.4. The molecule has 1 aliphatic rings. The Balaban J connectivity index is 1.99. The summed E-state index contributed by atoms with van der Waals surface area (Å²) in [5, 5.41) is 9.18. The number of hydrogen-bond acceptors (Lipinski definition) is 4. The average molecular weight is 310 g/mol. The number of hydrogen-bond donors (Lipinski definition) is 1. The minimum absolute atomic E-state index is 0.112. The quantitative estimate of drug-likeness (QED) is 0.926. The van der Waals surface area contributed by atoms with E-state index in [-0.39, 0.29) is 24.9 Å². The monoisotopic (exact) mass is 310 g/mol. The van der Waals surface area contributed by atoms with Gasteiger partial charge < -0.3 is 14.7 Å². The summed E-state index contributed by atoms with van der Waals surface area (Å²) in [6.07, 6.45) is -0.515. The number of aromatic hydroxyl groups is 1. The second-order valence-corrected chi connectivity index (χ2v) is 5.57. The second kappa shape index (κ2) is 6.64. The second-order valence-electron chi connectivity index (χ2n) is 5.57. The van der Waals surface area contributed by atoms with E-state index in [1.54, 1.807) is 0 Å². The number of halogens is 1. The van der Waals surface area contributed by atoms with Crippen LogP contribution in [0.4, 0.5) is 14.9 Å². The molecule has 0 spiro atoms. The summed E-state index contributed by atoms with van der Waals surface area (Å²) in [7, 11) is 0. The van der Waals surface area contributed by atoms with Gasteiger partial charge in [-0.05, 0) is 18.1 Å². The van der Waals surface area contributed by atoms with E-state index in [1.807, 2.05) is 13.8 Å².